The van der Waals surface area contributed by atoms with E-state index in [0.717, 1.165) is 30.3 Å². The fourth-order valence-electron chi connectivity index (χ4n) is 6.94. The normalized spacial score (nSPS) is 30.1. The number of nitrogens with zero attached hydrogens (tertiary/aromatic N) is 4. The van der Waals surface area contributed by atoms with Crippen molar-refractivity contribution in [1.29, 1.82) is 0 Å². The van der Waals surface area contributed by atoms with Crippen LogP contribution in [0.15, 0.2) is 36.8 Å². The maximum absolute atomic E-state index is 15.4. The van der Waals surface area contributed by atoms with Crippen LogP contribution in [0.4, 0.5) is 16.0 Å². The number of halogens is 2. The second-order valence-corrected chi connectivity index (χ2v) is 11.4. The van der Waals surface area contributed by atoms with E-state index in [2.05, 4.69) is 19.5 Å². The number of aryl methyl sites for hydroxylation is 1. The number of rotatable bonds is 4. The minimum absolute atomic E-state index is 0.0970. The van der Waals surface area contributed by atoms with Gasteiger partial charge in [0.25, 0.3) is 0 Å². The van der Waals surface area contributed by atoms with E-state index in [1.54, 1.807) is 6.07 Å². The Morgan fingerprint density at radius 1 is 1.11 bits per heavy atom. The molecule has 0 spiro atoms. The zero-order chi connectivity index (χ0) is 25.0. The maximum Gasteiger partial charge on any atom is 0.163 e. The van der Waals surface area contributed by atoms with Gasteiger partial charge in [-0.3, -0.25) is 0 Å². The average Bonchev–Trinajstić information content (AvgIpc) is 3.49. The van der Waals surface area contributed by atoms with Gasteiger partial charge in [-0.1, -0.05) is 23.7 Å². The molecule has 4 heterocycles. The number of ether oxygens (including phenoxy) is 2. The lowest BCUT2D eigenvalue weighted by Gasteiger charge is -2.51. The number of hydrogen-bond donors (Lipinski definition) is 2. The SMILES string of the molecule is CC1(C)O[C@@H]2[C@H](O1)[C@]1(CCc3ccc4cc(Cl)c(N)nc4c3F)C[C@]2(n2ccc3c(N)ncnc32)C1. The molecule has 0 unspecified atom stereocenters. The number of anilines is 2. The molecular formula is C26H26ClFN6O2. The van der Waals surface area contributed by atoms with E-state index < -0.39 is 5.79 Å². The first-order chi connectivity index (χ1) is 17.1. The molecule has 1 aliphatic heterocycles. The highest BCUT2D eigenvalue weighted by Gasteiger charge is 2.77. The molecule has 4 aromatic rings. The summed E-state index contributed by atoms with van der Waals surface area (Å²) in [7, 11) is 0. The lowest BCUT2D eigenvalue weighted by molar-refractivity contribution is -0.204. The van der Waals surface area contributed by atoms with E-state index in [4.69, 9.17) is 32.5 Å². The zero-order valence-electron chi connectivity index (χ0n) is 20.0. The van der Waals surface area contributed by atoms with E-state index in [1.165, 1.54) is 6.33 Å². The molecule has 2 atom stereocenters. The van der Waals surface area contributed by atoms with Gasteiger partial charge in [0.1, 0.15) is 35.2 Å². The van der Waals surface area contributed by atoms with Crippen LogP contribution in [-0.4, -0.2) is 37.5 Å². The molecule has 3 aliphatic carbocycles. The Labute approximate surface area is 211 Å². The standard InChI is InChI=1S/C26H26ClFN6O2/c1-24(2)35-19-20(36-24)26(34-8-6-15-21(29)31-12-32-23(15)34)10-25(19,11-26)7-5-13-3-4-14-9-16(27)22(30)33-18(14)17(13)28/h3-4,6,8-9,12,19-20H,5,7,10-11H2,1-2H3,(H2,30,33)(H2,29,31,32)/t19-,20+,25-,26+/m0/s1. The highest BCUT2D eigenvalue weighted by Crippen LogP contribution is 2.71. The molecule has 4 aliphatic rings. The fourth-order valence-corrected chi connectivity index (χ4v) is 7.10. The van der Waals surface area contributed by atoms with Gasteiger partial charge in [0.15, 0.2) is 11.6 Å². The number of pyridine rings is 1. The predicted molar refractivity (Wildman–Crippen MR) is 135 cm³/mol. The van der Waals surface area contributed by atoms with Gasteiger partial charge in [0.2, 0.25) is 0 Å². The molecule has 3 saturated carbocycles. The van der Waals surface area contributed by atoms with Gasteiger partial charge in [-0.05, 0) is 57.2 Å². The molecule has 8 rings (SSSR count). The minimum Gasteiger partial charge on any atom is -0.383 e. The molecule has 10 heteroatoms. The molecule has 4 fully saturated rings. The Kier molecular flexibility index (Phi) is 4.35. The number of fused-ring (bicyclic) bond motifs is 2. The molecule has 2 bridgehead atoms. The van der Waals surface area contributed by atoms with Crippen LogP contribution in [0.1, 0.15) is 38.7 Å². The summed E-state index contributed by atoms with van der Waals surface area (Å²) in [6.45, 7) is 3.90. The highest BCUT2D eigenvalue weighted by molar-refractivity contribution is 6.33. The third-order valence-electron chi connectivity index (χ3n) is 8.42. The number of aromatic nitrogens is 4. The summed E-state index contributed by atoms with van der Waals surface area (Å²) in [5, 5.41) is 1.78. The van der Waals surface area contributed by atoms with Crippen LogP contribution >= 0.6 is 11.6 Å². The quantitative estimate of drug-likeness (QED) is 0.414. The Morgan fingerprint density at radius 3 is 2.69 bits per heavy atom. The van der Waals surface area contributed by atoms with Gasteiger partial charge in [0, 0.05) is 17.0 Å². The molecular weight excluding hydrogens is 483 g/mol. The van der Waals surface area contributed by atoms with Crippen molar-refractivity contribution in [3.05, 3.63) is 53.2 Å². The summed E-state index contributed by atoms with van der Waals surface area (Å²) >= 11 is 6.07. The number of nitrogens with two attached hydrogens (primary N) is 2. The molecule has 0 radical (unpaired) electrons. The maximum atomic E-state index is 15.4. The first kappa shape index (κ1) is 22.2. The Hall–Kier alpha value is -3.01. The van der Waals surface area contributed by atoms with Crippen LogP contribution in [-0.2, 0) is 21.4 Å². The summed E-state index contributed by atoms with van der Waals surface area (Å²) in [5.74, 6) is -0.455. The smallest absolute Gasteiger partial charge is 0.163 e. The number of hydrogen-bond acceptors (Lipinski definition) is 7. The van der Waals surface area contributed by atoms with Gasteiger partial charge in [-0.15, -0.1) is 0 Å². The number of nitrogen functional groups attached to an aromatic ring is 2. The minimum atomic E-state index is -0.696. The lowest BCUT2D eigenvalue weighted by Crippen LogP contribution is -2.52. The third kappa shape index (κ3) is 2.84. The summed E-state index contributed by atoms with van der Waals surface area (Å²) in [5.41, 5.74) is 13.2. The third-order valence-corrected chi connectivity index (χ3v) is 8.72. The van der Waals surface area contributed by atoms with Crippen LogP contribution in [0, 0.1) is 11.2 Å². The van der Waals surface area contributed by atoms with Crippen molar-refractivity contribution in [2.24, 2.45) is 5.41 Å². The first-order valence-corrected chi connectivity index (χ1v) is 12.5. The van der Waals surface area contributed by atoms with Gasteiger partial charge in [-0.25, -0.2) is 19.3 Å². The van der Waals surface area contributed by atoms with E-state index in [9.17, 15) is 0 Å². The van der Waals surface area contributed by atoms with E-state index in [1.807, 2.05) is 38.2 Å². The van der Waals surface area contributed by atoms with Crippen molar-refractivity contribution in [3.63, 3.8) is 0 Å². The van der Waals surface area contributed by atoms with Crippen molar-refractivity contribution in [3.8, 4) is 0 Å². The molecule has 8 nitrogen and oxygen atoms in total. The van der Waals surface area contributed by atoms with Gasteiger partial charge in [-0.2, -0.15) is 0 Å². The summed E-state index contributed by atoms with van der Waals surface area (Å²) in [6.07, 6.45) is 6.32. The molecule has 1 aromatic carbocycles. The summed E-state index contributed by atoms with van der Waals surface area (Å²) in [4.78, 5) is 12.9. The van der Waals surface area contributed by atoms with E-state index >= 15 is 4.39 Å². The molecule has 4 N–H and O–H groups in total. The fraction of sp³-hybridized carbons (Fsp3) is 0.423. The van der Waals surface area contributed by atoms with Gasteiger partial charge >= 0.3 is 0 Å². The first-order valence-electron chi connectivity index (χ1n) is 12.1. The molecule has 3 aromatic heterocycles. The Morgan fingerprint density at radius 2 is 1.89 bits per heavy atom. The van der Waals surface area contributed by atoms with Gasteiger partial charge in [0.05, 0.1) is 22.1 Å². The van der Waals surface area contributed by atoms with Crippen LogP contribution in [0.2, 0.25) is 5.02 Å². The zero-order valence-corrected chi connectivity index (χ0v) is 20.7. The van der Waals surface area contributed by atoms with Crippen molar-refractivity contribution in [2.75, 3.05) is 11.5 Å². The number of benzene rings is 1. The second kappa shape index (κ2) is 7.06. The largest absolute Gasteiger partial charge is 0.383 e. The van der Waals surface area contributed by atoms with Crippen LogP contribution in [0.3, 0.4) is 0 Å². The lowest BCUT2D eigenvalue weighted by atomic mass is 9.61. The summed E-state index contributed by atoms with van der Waals surface area (Å²) in [6, 6.07) is 7.27. The molecule has 1 saturated heterocycles. The average molecular weight is 509 g/mol. The van der Waals surface area contributed by atoms with E-state index in [0.29, 0.717) is 28.2 Å². The Balaban J connectivity index is 1.23. The highest BCUT2D eigenvalue weighted by atomic mass is 35.5. The van der Waals surface area contributed by atoms with Crippen molar-refractivity contribution >= 4 is 45.2 Å². The Bertz CT molecular complexity index is 1560. The van der Waals surface area contributed by atoms with Crippen LogP contribution < -0.4 is 11.5 Å². The van der Waals surface area contributed by atoms with E-state index in [-0.39, 0.29) is 40.3 Å². The molecule has 36 heavy (non-hydrogen) atoms. The van der Waals surface area contributed by atoms with Crippen molar-refractivity contribution in [2.45, 2.75) is 63.1 Å². The predicted octanol–water partition coefficient (Wildman–Crippen LogP) is 4.58. The van der Waals surface area contributed by atoms with Crippen molar-refractivity contribution < 1.29 is 13.9 Å². The van der Waals surface area contributed by atoms with Gasteiger partial charge < -0.3 is 25.5 Å². The summed E-state index contributed by atoms with van der Waals surface area (Å²) < 4.78 is 30.6. The topological polar surface area (TPSA) is 114 Å². The molecule has 0 amide bonds. The van der Waals surface area contributed by atoms with Crippen molar-refractivity contribution in [1.82, 2.24) is 19.5 Å². The molecule has 186 valence electrons. The van der Waals surface area contributed by atoms with Crippen LogP contribution in [0.25, 0.3) is 21.9 Å². The monoisotopic (exact) mass is 508 g/mol. The van der Waals surface area contributed by atoms with Crippen LogP contribution in [0.5, 0.6) is 0 Å². The second-order valence-electron chi connectivity index (χ2n) is 10.9.